The van der Waals surface area contributed by atoms with Crippen LogP contribution in [0.5, 0.6) is 0 Å². The third kappa shape index (κ3) is 6.10. The number of esters is 1. The SMILES string of the molecule is O=C(COC(=O)/C=C/c1ccc(F)cc1)Nc1c(Cl)cccc1C(F)(F)F. The Morgan fingerprint density at radius 2 is 1.78 bits per heavy atom. The summed E-state index contributed by atoms with van der Waals surface area (Å²) >= 11 is 5.71. The molecular weight excluding hydrogens is 390 g/mol. The average Bonchev–Trinajstić information content (AvgIpc) is 2.60. The summed E-state index contributed by atoms with van der Waals surface area (Å²) in [4.78, 5) is 23.3. The number of rotatable bonds is 5. The van der Waals surface area contributed by atoms with E-state index in [0.717, 1.165) is 18.2 Å². The van der Waals surface area contributed by atoms with Crippen molar-refractivity contribution in [3.05, 3.63) is 70.5 Å². The van der Waals surface area contributed by atoms with Gasteiger partial charge in [0.25, 0.3) is 5.91 Å². The van der Waals surface area contributed by atoms with E-state index in [1.807, 2.05) is 5.32 Å². The molecule has 0 saturated heterocycles. The Morgan fingerprint density at radius 1 is 1.11 bits per heavy atom. The molecular formula is C18H12ClF4NO3. The van der Waals surface area contributed by atoms with E-state index < -0.39 is 41.7 Å². The van der Waals surface area contributed by atoms with Gasteiger partial charge in [0.15, 0.2) is 6.61 Å². The number of hydrogen-bond acceptors (Lipinski definition) is 3. The summed E-state index contributed by atoms with van der Waals surface area (Å²) in [5.41, 5.74) is -1.22. The smallest absolute Gasteiger partial charge is 0.418 e. The van der Waals surface area contributed by atoms with E-state index in [2.05, 4.69) is 4.74 Å². The number of anilines is 1. The minimum absolute atomic E-state index is 0.305. The molecule has 142 valence electrons. The summed E-state index contributed by atoms with van der Waals surface area (Å²) in [6, 6.07) is 8.27. The van der Waals surface area contributed by atoms with E-state index >= 15 is 0 Å². The van der Waals surface area contributed by atoms with Crippen LogP contribution in [0.2, 0.25) is 5.02 Å². The number of carbonyl (C=O) groups excluding carboxylic acids is 2. The van der Waals surface area contributed by atoms with Crippen LogP contribution in [0.15, 0.2) is 48.5 Å². The fourth-order valence-electron chi connectivity index (χ4n) is 1.99. The molecule has 0 saturated carbocycles. The van der Waals surface area contributed by atoms with Crippen LogP contribution in [-0.4, -0.2) is 18.5 Å². The van der Waals surface area contributed by atoms with Crippen LogP contribution in [0.3, 0.4) is 0 Å². The molecule has 0 unspecified atom stereocenters. The molecule has 0 aliphatic heterocycles. The van der Waals surface area contributed by atoms with E-state index in [4.69, 9.17) is 11.6 Å². The van der Waals surface area contributed by atoms with Crippen LogP contribution in [0.4, 0.5) is 23.2 Å². The van der Waals surface area contributed by atoms with Crippen molar-refractivity contribution >= 4 is 35.2 Å². The number of nitrogens with one attached hydrogen (secondary N) is 1. The summed E-state index contributed by atoms with van der Waals surface area (Å²) in [7, 11) is 0. The van der Waals surface area contributed by atoms with Crippen molar-refractivity contribution in [2.45, 2.75) is 6.18 Å². The largest absolute Gasteiger partial charge is 0.452 e. The Labute approximate surface area is 156 Å². The fourth-order valence-corrected chi connectivity index (χ4v) is 2.21. The summed E-state index contributed by atoms with van der Waals surface area (Å²) in [5.74, 6) is -2.33. The number of benzene rings is 2. The molecule has 0 spiro atoms. The van der Waals surface area contributed by atoms with Crippen LogP contribution in [0.1, 0.15) is 11.1 Å². The zero-order valence-electron chi connectivity index (χ0n) is 13.5. The molecule has 1 amide bonds. The normalized spacial score (nSPS) is 11.4. The summed E-state index contributed by atoms with van der Waals surface area (Å²) < 4.78 is 56.3. The maximum absolute atomic E-state index is 13.0. The highest BCUT2D eigenvalue weighted by molar-refractivity contribution is 6.34. The van der Waals surface area contributed by atoms with Gasteiger partial charge in [0.1, 0.15) is 5.82 Å². The number of para-hydroxylation sites is 1. The number of hydrogen-bond donors (Lipinski definition) is 1. The third-order valence-corrected chi connectivity index (χ3v) is 3.53. The van der Waals surface area contributed by atoms with Gasteiger partial charge in [-0.15, -0.1) is 0 Å². The van der Waals surface area contributed by atoms with Gasteiger partial charge < -0.3 is 10.1 Å². The maximum atomic E-state index is 13.0. The first-order valence-corrected chi connectivity index (χ1v) is 7.80. The van der Waals surface area contributed by atoms with Crippen LogP contribution >= 0.6 is 11.6 Å². The molecule has 9 heteroatoms. The zero-order chi connectivity index (χ0) is 20.0. The highest BCUT2D eigenvalue weighted by Crippen LogP contribution is 2.38. The minimum Gasteiger partial charge on any atom is -0.452 e. The predicted molar refractivity (Wildman–Crippen MR) is 91.5 cm³/mol. The van der Waals surface area contributed by atoms with Crippen molar-refractivity contribution < 1.29 is 31.9 Å². The molecule has 0 aliphatic carbocycles. The second-order valence-electron chi connectivity index (χ2n) is 5.20. The third-order valence-electron chi connectivity index (χ3n) is 3.21. The Bertz CT molecular complexity index is 864. The molecule has 4 nitrogen and oxygen atoms in total. The number of ether oxygens (including phenoxy) is 1. The summed E-state index contributed by atoms with van der Waals surface area (Å²) in [5, 5.41) is 1.68. The molecule has 2 aromatic rings. The molecule has 2 rings (SSSR count). The summed E-state index contributed by atoms with van der Waals surface area (Å²) in [6.45, 7) is -0.810. The van der Waals surface area contributed by atoms with Gasteiger partial charge >= 0.3 is 12.1 Å². The first-order chi connectivity index (χ1) is 12.7. The van der Waals surface area contributed by atoms with Crippen LogP contribution < -0.4 is 5.32 Å². The topological polar surface area (TPSA) is 55.4 Å². The van der Waals surface area contributed by atoms with Crippen LogP contribution in [0, 0.1) is 5.82 Å². The second kappa shape index (κ2) is 8.68. The van der Waals surface area contributed by atoms with Crippen molar-refractivity contribution in [1.29, 1.82) is 0 Å². The average molecular weight is 402 g/mol. The van der Waals surface area contributed by atoms with E-state index in [9.17, 15) is 27.2 Å². The molecule has 0 aliphatic rings. The van der Waals surface area contributed by atoms with Gasteiger partial charge in [-0.2, -0.15) is 13.2 Å². The lowest BCUT2D eigenvalue weighted by Crippen LogP contribution is -2.22. The zero-order valence-corrected chi connectivity index (χ0v) is 14.3. The Morgan fingerprint density at radius 3 is 2.41 bits per heavy atom. The second-order valence-corrected chi connectivity index (χ2v) is 5.61. The minimum atomic E-state index is -4.72. The first kappa shape index (κ1) is 20.4. The van der Waals surface area contributed by atoms with Gasteiger partial charge in [-0.3, -0.25) is 4.79 Å². The molecule has 27 heavy (non-hydrogen) atoms. The van der Waals surface area contributed by atoms with Gasteiger partial charge in [0.05, 0.1) is 16.3 Å². The van der Waals surface area contributed by atoms with Gasteiger partial charge in [-0.25, -0.2) is 9.18 Å². The van der Waals surface area contributed by atoms with E-state index in [1.54, 1.807) is 0 Å². The highest BCUT2D eigenvalue weighted by Gasteiger charge is 2.34. The van der Waals surface area contributed by atoms with Crippen molar-refractivity contribution in [2.75, 3.05) is 11.9 Å². The van der Waals surface area contributed by atoms with Gasteiger partial charge in [-0.05, 0) is 35.9 Å². The van der Waals surface area contributed by atoms with Gasteiger partial charge in [0.2, 0.25) is 0 Å². The monoisotopic (exact) mass is 401 g/mol. The Balaban J connectivity index is 1.95. The quantitative estimate of drug-likeness (QED) is 0.449. The number of halogens is 5. The first-order valence-electron chi connectivity index (χ1n) is 7.43. The Hall–Kier alpha value is -2.87. The maximum Gasteiger partial charge on any atom is 0.418 e. The van der Waals surface area contributed by atoms with Crippen molar-refractivity contribution in [3.63, 3.8) is 0 Å². The van der Waals surface area contributed by atoms with Crippen LogP contribution in [-0.2, 0) is 20.5 Å². The van der Waals surface area contributed by atoms with E-state index in [0.29, 0.717) is 5.56 Å². The predicted octanol–water partition coefficient (Wildman–Crippen LogP) is 4.69. The Kier molecular flexibility index (Phi) is 6.57. The molecule has 0 fully saturated rings. The molecule has 1 N–H and O–H groups in total. The lowest BCUT2D eigenvalue weighted by molar-refractivity contribution is -0.142. The number of carbonyl (C=O) groups is 2. The molecule has 0 radical (unpaired) electrons. The molecule has 0 aromatic heterocycles. The highest BCUT2D eigenvalue weighted by atomic mass is 35.5. The molecule has 0 bridgehead atoms. The number of alkyl halides is 3. The van der Waals surface area contributed by atoms with E-state index in [1.165, 1.54) is 36.4 Å². The van der Waals surface area contributed by atoms with Gasteiger partial charge in [-0.1, -0.05) is 29.8 Å². The van der Waals surface area contributed by atoms with Crippen molar-refractivity contribution in [3.8, 4) is 0 Å². The summed E-state index contributed by atoms with van der Waals surface area (Å²) in [6.07, 6.45) is -2.39. The van der Waals surface area contributed by atoms with Crippen molar-refractivity contribution in [2.24, 2.45) is 0 Å². The molecule has 0 atom stereocenters. The van der Waals surface area contributed by atoms with Gasteiger partial charge in [0, 0.05) is 6.08 Å². The molecule has 2 aromatic carbocycles. The number of amides is 1. The van der Waals surface area contributed by atoms with Crippen LogP contribution in [0.25, 0.3) is 6.08 Å². The van der Waals surface area contributed by atoms with E-state index in [-0.39, 0.29) is 5.02 Å². The standard InChI is InChI=1S/C18H12ClF4NO3/c19-14-3-1-2-13(18(21,22)23)17(14)24-15(25)10-27-16(26)9-6-11-4-7-12(20)8-5-11/h1-9H,10H2,(H,24,25)/b9-6+. The van der Waals surface area contributed by atoms with Crippen molar-refractivity contribution in [1.82, 2.24) is 0 Å². The molecule has 0 heterocycles. The lowest BCUT2D eigenvalue weighted by Gasteiger charge is -2.15. The fraction of sp³-hybridized carbons (Fsp3) is 0.111. The lowest BCUT2D eigenvalue weighted by atomic mass is 10.1.